The average molecular weight is 325 g/mol. The Kier molecular flexibility index (Phi) is 2.03. The van der Waals surface area contributed by atoms with Crippen molar-refractivity contribution in [2.24, 2.45) is 0 Å². The summed E-state index contributed by atoms with van der Waals surface area (Å²) in [6.07, 6.45) is 0. The molecule has 0 aliphatic heterocycles. The molecule has 0 unspecified atom stereocenters. The predicted octanol–water partition coefficient (Wildman–Crippen LogP) is 5.90. The minimum absolute atomic E-state index is 0.0472. The molecule has 124 valence electrons. The van der Waals surface area contributed by atoms with Crippen LogP contribution in [0.25, 0.3) is 0 Å². The lowest BCUT2D eigenvalue weighted by atomic mass is 10.1. The van der Waals surface area contributed by atoms with E-state index in [2.05, 4.69) is 10.6 Å². The molecule has 2 rings (SSSR count). The van der Waals surface area contributed by atoms with Gasteiger partial charge in [0.15, 0.2) is 11.5 Å². The van der Waals surface area contributed by atoms with Crippen molar-refractivity contribution < 1.29 is 21.2 Å². The molecule has 0 amide bonds. The normalized spacial score (nSPS) is 21.8. The molecule has 0 heterocycles. The molecule has 2 aromatic carbocycles. The highest BCUT2D eigenvalue weighted by Gasteiger charge is 2.16. The molecule has 0 aliphatic rings. The van der Waals surface area contributed by atoms with Crippen LogP contribution in [0.15, 0.2) is 48.5 Å². The molecule has 0 aromatic heterocycles. The van der Waals surface area contributed by atoms with Gasteiger partial charge in [0.1, 0.15) is 0 Å². The second-order valence-electron chi connectivity index (χ2n) is 5.59. The van der Waals surface area contributed by atoms with Crippen LogP contribution in [0.4, 0.5) is 11.4 Å². The second kappa shape index (κ2) is 6.53. The maximum Gasteiger partial charge on any atom is 0.150 e. The largest absolute Gasteiger partial charge is 0.453 e. The number of benzene rings is 2. The third-order valence-corrected chi connectivity index (χ3v) is 2.76. The molecule has 0 atom stereocenters. The van der Waals surface area contributed by atoms with Crippen LogP contribution in [0.2, 0.25) is 0 Å². The summed E-state index contributed by atoms with van der Waals surface area (Å²) in [7, 11) is 0. The van der Waals surface area contributed by atoms with Crippen molar-refractivity contribution in [3.05, 3.63) is 48.5 Å². The first kappa shape index (κ1) is 7.16. The predicted molar refractivity (Wildman–Crippen MR) is 99.7 cm³/mol. The third kappa shape index (κ3) is 5.51. The number of anilines is 2. The summed E-state index contributed by atoms with van der Waals surface area (Å²) in [4.78, 5) is 0. The SMILES string of the molecule is [2H]C([2H])([2H])C(C)(Nc1ccccc1Oc1ccccc1NC(C)(C([2H])([2H])[2H])C([2H])([2H])[2H])C([2H])([2H])[2H]. The van der Waals surface area contributed by atoms with E-state index in [0.717, 1.165) is 13.8 Å². The monoisotopic (exact) mass is 324 g/mol. The van der Waals surface area contributed by atoms with E-state index in [1.54, 1.807) is 24.3 Å². The first-order chi connectivity index (χ1) is 15.6. The van der Waals surface area contributed by atoms with Crippen LogP contribution in [-0.2, 0) is 0 Å². The van der Waals surface area contributed by atoms with E-state index >= 15 is 0 Å². The van der Waals surface area contributed by atoms with Crippen molar-refractivity contribution in [3.63, 3.8) is 0 Å². The zero-order chi connectivity index (χ0) is 27.1. The maximum absolute atomic E-state index is 7.79. The zero-order valence-corrected chi connectivity index (χ0v) is 13.0. The lowest BCUT2D eigenvalue weighted by Gasteiger charge is -2.26. The summed E-state index contributed by atoms with van der Waals surface area (Å²) < 4.78 is 99.3. The highest BCUT2D eigenvalue weighted by Crippen LogP contribution is 2.35. The Balaban J connectivity index is 2.52. The van der Waals surface area contributed by atoms with Gasteiger partial charge in [0.25, 0.3) is 0 Å². The van der Waals surface area contributed by atoms with Crippen molar-refractivity contribution in [3.8, 4) is 11.5 Å². The molecule has 2 aromatic rings. The van der Waals surface area contributed by atoms with E-state index in [4.69, 9.17) is 21.2 Å². The van der Waals surface area contributed by atoms with Gasteiger partial charge in [-0.1, -0.05) is 24.3 Å². The molecule has 0 fully saturated rings. The Morgan fingerprint density at radius 1 is 0.739 bits per heavy atom. The summed E-state index contributed by atoms with van der Waals surface area (Å²) in [6, 6.07) is 12.1. The van der Waals surface area contributed by atoms with Crippen molar-refractivity contribution in [1.29, 1.82) is 0 Å². The van der Waals surface area contributed by atoms with Gasteiger partial charge >= 0.3 is 0 Å². The van der Waals surface area contributed by atoms with Crippen LogP contribution in [0.1, 0.15) is 57.7 Å². The highest BCUT2D eigenvalue weighted by atomic mass is 16.5. The fourth-order valence-electron chi connectivity index (χ4n) is 1.97. The Hall–Kier alpha value is -2.16. The topological polar surface area (TPSA) is 33.3 Å². The van der Waals surface area contributed by atoms with Crippen LogP contribution in [-0.4, -0.2) is 11.1 Å². The number of para-hydroxylation sites is 4. The smallest absolute Gasteiger partial charge is 0.150 e. The standard InChI is InChI=1S/C20H28N2O/c1-19(2,3)21-15-11-7-9-13-17(15)23-18-14-10-8-12-16(18)22-20(4,5)6/h7-14,21-22H,1-6H3/i1D3,2D3,4D3,5D3. The average Bonchev–Trinajstić information content (AvgIpc) is 2.67. The van der Waals surface area contributed by atoms with E-state index < -0.39 is 38.5 Å². The first-order valence-electron chi connectivity index (χ1n) is 13.1. The van der Waals surface area contributed by atoms with Gasteiger partial charge in [0.2, 0.25) is 0 Å². The van der Waals surface area contributed by atoms with E-state index in [9.17, 15) is 0 Å². The third-order valence-electron chi connectivity index (χ3n) is 2.76. The van der Waals surface area contributed by atoms with E-state index in [0.29, 0.717) is 0 Å². The summed E-state index contributed by atoms with van der Waals surface area (Å²) in [5, 5.41) is 5.18. The molecule has 0 bridgehead atoms. The lowest BCUT2D eigenvalue weighted by molar-refractivity contribution is 0.480. The van der Waals surface area contributed by atoms with E-state index in [1.165, 1.54) is 24.3 Å². The molecule has 0 spiro atoms. The fourth-order valence-corrected chi connectivity index (χ4v) is 1.97. The minimum Gasteiger partial charge on any atom is -0.453 e. The van der Waals surface area contributed by atoms with E-state index in [-0.39, 0.29) is 22.9 Å². The molecular formula is C20H28N2O. The number of ether oxygens (including phenoxy) is 1. The Morgan fingerprint density at radius 3 is 1.52 bits per heavy atom. The van der Waals surface area contributed by atoms with Crippen molar-refractivity contribution in [1.82, 2.24) is 0 Å². The molecule has 0 aliphatic carbocycles. The molecule has 3 nitrogen and oxygen atoms in total. The Morgan fingerprint density at radius 2 is 1.13 bits per heavy atom. The number of hydrogen-bond acceptors (Lipinski definition) is 3. The minimum atomic E-state index is -2.91. The molecule has 0 saturated heterocycles. The van der Waals surface area contributed by atoms with Crippen LogP contribution < -0.4 is 15.4 Å². The van der Waals surface area contributed by atoms with Crippen LogP contribution in [0.5, 0.6) is 11.5 Å². The van der Waals surface area contributed by atoms with Gasteiger partial charge < -0.3 is 15.4 Å². The zero-order valence-electron chi connectivity index (χ0n) is 25.0. The number of rotatable bonds is 4. The van der Waals surface area contributed by atoms with Gasteiger partial charge in [0, 0.05) is 27.5 Å². The van der Waals surface area contributed by atoms with Gasteiger partial charge in [-0.25, -0.2) is 0 Å². The Labute approximate surface area is 156 Å². The number of nitrogens with one attached hydrogen (secondary N) is 2. The summed E-state index contributed by atoms with van der Waals surface area (Å²) >= 11 is 0. The van der Waals surface area contributed by atoms with Crippen molar-refractivity contribution >= 4 is 11.4 Å². The van der Waals surface area contributed by atoms with Gasteiger partial charge in [0.05, 0.1) is 11.4 Å². The lowest BCUT2D eigenvalue weighted by Crippen LogP contribution is -2.26. The molecule has 3 heteroatoms. The Bertz CT molecular complexity index is 915. The van der Waals surface area contributed by atoms with Crippen LogP contribution in [0, 0.1) is 0 Å². The summed E-state index contributed by atoms with van der Waals surface area (Å²) in [5.41, 5.74) is -4.52. The first-order valence-corrected chi connectivity index (χ1v) is 7.06. The molecule has 2 N–H and O–H groups in total. The van der Waals surface area contributed by atoms with Gasteiger partial charge in [-0.05, 0) is 65.5 Å². The molecule has 0 saturated carbocycles. The van der Waals surface area contributed by atoms with Gasteiger partial charge in [-0.3, -0.25) is 0 Å². The second-order valence-corrected chi connectivity index (χ2v) is 5.59. The maximum atomic E-state index is 7.79. The molecule has 0 radical (unpaired) electrons. The summed E-state index contributed by atoms with van der Waals surface area (Å²) in [6.45, 7) is -9.51. The van der Waals surface area contributed by atoms with Crippen LogP contribution >= 0.6 is 0 Å². The quantitative estimate of drug-likeness (QED) is 0.734. The fraction of sp³-hybridized carbons (Fsp3) is 0.400. The summed E-state index contributed by atoms with van der Waals surface area (Å²) in [5.74, 6) is 0.0943. The van der Waals surface area contributed by atoms with Crippen LogP contribution in [0.3, 0.4) is 0 Å². The molecule has 23 heavy (non-hydrogen) atoms. The highest BCUT2D eigenvalue weighted by molar-refractivity contribution is 5.63. The van der Waals surface area contributed by atoms with Crippen molar-refractivity contribution in [2.75, 3.05) is 10.6 Å². The van der Waals surface area contributed by atoms with E-state index in [1.807, 2.05) is 0 Å². The van der Waals surface area contributed by atoms with Gasteiger partial charge in [-0.15, -0.1) is 0 Å². The van der Waals surface area contributed by atoms with Gasteiger partial charge in [-0.2, -0.15) is 0 Å². The number of hydrogen-bond donors (Lipinski definition) is 2. The van der Waals surface area contributed by atoms with Crippen molar-refractivity contribution in [2.45, 2.75) is 52.3 Å². The molecular weight excluding hydrogens is 284 g/mol.